The maximum Gasteiger partial charge on any atom is 0.387 e. The van der Waals surface area contributed by atoms with Crippen molar-refractivity contribution in [3.63, 3.8) is 0 Å². The number of nitrogens with zero attached hydrogens (tertiary/aromatic N) is 2. The Bertz CT molecular complexity index is 653. The van der Waals surface area contributed by atoms with Crippen LogP contribution in [0.2, 0.25) is 5.02 Å². The van der Waals surface area contributed by atoms with Gasteiger partial charge in [0.25, 0.3) is 0 Å². The summed E-state index contributed by atoms with van der Waals surface area (Å²) < 4.78 is 35.5. The van der Waals surface area contributed by atoms with E-state index in [2.05, 4.69) is 39.1 Å². The van der Waals surface area contributed by atoms with Crippen molar-refractivity contribution in [1.82, 2.24) is 15.5 Å². The number of rotatable bonds is 8. The molecular formula is C19H30ClF2IN4O2. The molecule has 1 aromatic carbocycles. The van der Waals surface area contributed by atoms with Crippen molar-refractivity contribution in [2.75, 3.05) is 39.8 Å². The molecule has 1 fully saturated rings. The predicted octanol–water partition coefficient (Wildman–Crippen LogP) is 3.58. The Morgan fingerprint density at radius 1 is 1.38 bits per heavy atom. The van der Waals surface area contributed by atoms with Gasteiger partial charge in [0.2, 0.25) is 0 Å². The summed E-state index contributed by atoms with van der Waals surface area (Å²) in [6.07, 6.45) is 0.0648. The molecule has 1 atom stereocenters. The summed E-state index contributed by atoms with van der Waals surface area (Å²) in [5.74, 6) is 1.25. The molecule has 1 aliphatic rings. The van der Waals surface area contributed by atoms with Gasteiger partial charge in [-0.15, -0.1) is 24.0 Å². The largest absolute Gasteiger partial charge is 0.434 e. The number of hydrogen-bond donors (Lipinski definition) is 2. The molecule has 2 N–H and O–H groups in total. The van der Waals surface area contributed by atoms with Crippen LogP contribution in [0.25, 0.3) is 0 Å². The van der Waals surface area contributed by atoms with Crippen molar-refractivity contribution in [3.8, 4) is 5.75 Å². The molecule has 29 heavy (non-hydrogen) atoms. The van der Waals surface area contributed by atoms with Gasteiger partial charge in [0.05, 0.1) is 12.7 Å². The highest BCUT2D eigenvalue weighted by molar-refractivity contribution is 14.0. The Kier molecular flexibility index (Phi) is 12.1. The van der Waals surface area contributed by atoms with Crippen molar-refractivity contribution in [2.24, 2.45) is 10.9 Å². The summed E-state index contributed by atoms with van der Waals surface area (Å²) in [5.41, 5.74) is 0.521. The first-order valence-corrected chi connectivity index (χ1v) is 9.77. The highest BCUT2D eigenvalue weighted by atomic mass is 127. The van der Waals surface area contributed by atoms with Crippen molar-refractivity contribution >= 4 is 41.5 Å². The number of benzene rings is 1. The average molecular weight is 547 g/mol. The second-order valence-corrected chi connectivity index (χ2v) is 7.52. The van der Waals surface area contributed by atoms with Gasteiger partial charge in [-0.2, -0.15) is 8.78 Å². The smallest absolute Gasteiger partial charge is 0.387 e. The second kappa shape index (κ2) is 13.4. The third-order valence-electron chi connectivity index (χ3n) is 4.25. The van der Waals surface area contributed by atoms with Gasteiger partial charge in [-0.25, -0.2) is 0 Å². The van der Waals surface area contributed by atoms with E-state index in [4.69, 9.17) is 16.3 Å². The van der Waals surface area contributed by atoms with E-state index in [-0.39, 0.29) is 42.4 Å². The first kappa shape index (κ1) is 26.1. The van der Waals surface area contributed by atoms with Gasteiger partial charge in [-0.1, -0.05) is 25.4 Å². The van der Waals surface area contributed by atoms with Gasteiger partial charge in [0.15, 0.2) is 5.96 Å². The standard InChI is InChI=1S/C19H29ClF2N4O2.HI/c1-13(2)11-26-6-7-27-16(12-26)10-25-19(23-3)24-9-14-8-15(20)4-5-17(14)28-18(21)22;/h4-5,8,13,16,18H,6-7,9-12H2,1-3H3,(H2,23,24,25);1H. The predicted molar refractivity (Wildman–Crippen MR) is 123 cm³/mol. The molecule has 0 spiro atoms. The van der Waals surface area contributed by atoms with Crippen molar-refractivity contribution in [3.05, 3.63) is 28.8 Å². The van der Waals surface area contributed by atoms with Gasteiger partial charge in [-0.3, -0.25) is 9.89 Å². The maximum atomic E-state index is 12.6. The Morgan fingerprint density at radius 3 is 2.79 bits per heavy atom. The Labute approximate surface area is 193 Å². The number of halogens is 4. The molecule has 1 aromatic rings. The van der Waals surface area contributed by atoms with Crippen LogP contribution in [0.1, 0.15) is 19.4 Å². The number of morpholine rings is 1. The van der Waals surface area contributed by atoms with Crippen LogP contribution in [0.4, 0.5) is 8.78 Å². The topological polar surface area (TPSA) is 58.1 Å². The summed E-state index contributed by atoms with van der Waals surface area (Å²) in [5, 5.41) is 6.77. The van der Waals surface area contributed by atoms with Gasteiger partial charge in [-0.05, 0) is 24.1 Å². The maximum absolute atomic E-state index is 12.6. The fraction of sp³-hybridized carbons (Fsp3) is 0.632. The highest BCUT2D eigenvalue weighted by Gasteiger charge is 2.21. The molecule has 1 aliphatic heterocycles. The molecule has 166 valence electrons. The molecule has 0 aliphatic carbocycles. The van der Waals surface area contributed by atoms with Crippen LogP contribution in [-0.4, -0.2) is 63.4 Å². The molecule has 2 rings (SSSR count). The minimum atomic E-state index is -2.89. The van der Waals surface area contributed by atoms with E-state index in [0.717, 1.165) is 19.6 Å². The highest BCUT2D eigenvalue weighted by Crippen LogP contribution is 2.24. The fourth-order valence-electron chi connectivity index (χ4n) is 3.09. The third-order valence-corrected chi connectivity index (χ3v) is 4.49. The van der Waals surface area contributed by atoms with E-state index in [1.165, 1.54) is 12.1 Å². The SMILES string of the molecule is CN=C(NCc1cc(Cl)ccc1OC(F)F)NCC1CN(CC(C)C)CCO1.I. The Hall–Kier alpha value is -0.910. The lowest BCUT2D eigenvalue weighted by Gasteiger charge is -2.34. The van der Waals surface area contributed by atoms with Crippen molar-refractivity contribution < 1.29 is 18.3 Å². The van der Waals surface area contributed by atoms with Gasteiger partial charge in [0, 0.05) is 50.4 Å². The molecule has 0 radical (unpaired) electrons. The quantitative estimate of drug-likeness (QED) is 0.297. The minimum absolute atomic E-state index is 0. The van der Waals surface area contributed by atoms with Crippen LogP contribution in [0.15, 0.2) is 23.2 Å². The van der Waals surface area contributed by atoms with Crippen LogP contribution < -0.4 is 15.4 Å². The lowest BCUT2D eigenvalue weighted by Crippen LogP contribution is -2.50. The van der Waals surface area contributed by atoms with Crippen LogP contribution >= 0.6 is 35.6 Å². The number of guanidine groups is 1. The molecule has 1 heterocycles. The van der Waals surface area contributed by atoms with E-state index in [0.29, 0.717) is 35.6 Å². The minimum Gasteiger partial charge on any atom is -0.434 e. The molecule has 6 nitrogen and oxygen atoms in total. The summed E-state index contributed by atoms with van der Waals surface area (Å²) in [6, 6.07) is 4.54. The Balaban J connectivity index is 0.00000420. The zero-order chi connectivity index (χ0) is 20.5. The van der Waals surface area contributed by atoms with E-state index in [9.17, 15) is 8.78 Å². The second-order valence-electron chi connectivity index (χ2n) is 7.08. The lowest BCUT2D eigenvalue weighted by atomic mass is 10.2. The first-order chi connectivity index (χ1) is 13.4. The number of aliphatic imine (C=N–C) groups is 1. The van der Waals surface area contributed by atoms with Crippen LogP contribution in [0.5, 0.6) is 5.75 Å². The summed E-state index contributed by atoms with van der Waals surface area (Å²) in [6.45, 7) is 5.93. The Morgan fingerprint density at radius 2 is 2.14 bits per heavy atom. The third kappa shape index (κ3) is 9.63. The molecular weight excluding hydrogens is 517 g/mol. The van der Waals surface area contributed by atoms with Gasteiger partial charge >= 0.3 is 6.61 Å². The first-order valence-electron chi connectivity index (χ1n) is 9.39. The van der Waals surface area contributed by atoms with Gasteiger partial charge in [0.1, 0.15) is 5.75 Å². The fourth-order valence-corrected chi connectivity index (χ4v) is 3.29. The molecule has 10 heteroatoms. The lowest BCUT2D eigenvalue weighted by molar-refractivity contribution is -0.0504. The molecule has 0 bridgehead atoms. The van der Waals surface area contributed by atoms with Crippen LogP contribution in [-0.2, 0) is 11.3 Å². The van der Waals surface area contributed by atoms with E-state index >= 15 is 0 Å². The molecule has 1 saturated heterocycles. The summed E-state index contributed by atoms with van der Waals surface area (Å²) in [7, 11) is 1.65. The van der Waals surface area contributed by atoms with Gasteiger partial charge < -0.3 is 20.1 Å². The van der Waals surface area contributed by atoms with Crippen molar-refractivity contribution in [2.45, 2.75) is 33.1 Å². The van der Waals surface area contributed by atoms with E-state index in [1.54, 1.807) is 13.1 Å². The molecule has 0 saturated carbocycles. The zero-order valence-corrected chi connectivity index (χ0v) is 20.0. The summed E-state index contributed by atoms with van der Waals surface area (Å²) >= 11 is 5.98. The molecule has 1 unspecified atom stereocenters. The van der Waals surface area contributed by atoms with Crippen molar-refractivity contribution in [1.29, 1.82) is 0 Å². The van der Waals surface area contributed by atoms with E-state index < -0.39 is 6.61 Å². The van der Waals surface area contributed by atoms with Crippen LogP contribution in [0.3, 0.4) is 0 Å². The number of nitrogens with one attached hydrogen (secondary N) is 2. The molecule has 0 aromatic heterocycles. The molecule has 0 amide bonds. The zero-order valence-electron chi connectivity index (χ0n) is 17.0. The number of alkyl halides is 2. The average Bonchev–Trinajstić information content (AvgIpc) is 2.63. The van der Waals surface area contributed by atoms with Crippen LogP contribution in [0, 0.1) is 5.92 Å². The van der Waals surface area contributed by atoms with E-state index in [1.807, 2.05) is 0 Å². The monoisotopic (exact) mass is 546 g/mol. The number of hydrogen-bond acceptors (Lipinski definition) is 4. The summed E-state index contributed by atoms with van der Waals surface area (Å²) in [4.78, 5) is 6.57. The normalized spacial score (nSPS) is 17.9. The number of ether oxygens (including phenoxy) is 2.